The van der Waals surface area contributed by atoms with E-state index in [1.807, 2.05) is 30.3 Å². The van der Waals surface area contributed by atoms with E-state index >= 15 is 0 Å². The number of carbonyl (C=O) groups is 2. The van der Waals surface area contributed by atoms with E-state index in [1.165, 1.54) is 4.57 Å². The van der Waals surface area contributed by atoms with Crippen LogP contribution in [0.2, 0.25) is 0 Å². The summed E-state index contributed by atoms with van der Waals surface area (Å²) in [6.07, 6.45) is 0.420. The number of nitrogens with zero attached hydrogens (tertiary/aromatic N) is 3. The SMILES string of the molecule is Cc1ncc([N+](=O)[O-])n1CCOC(=O)[C@@H](NC(=O)OCc1ccccc1)C(C)C. The minimum absolute atomic E-state index is 0.0795. The van der Waals surface area contributed by atoms with Gasteiger partial charge in [-0.2, -0.15) is 0 Å². The molecule has 0 unspecified atom stereocenters. The van der Waals surface area contributed by atoms with Gasteiger partial charge >= 0.3 is 17.9 Å². The number of nitrogens with one attached hydrogen (secondary N) is 1. The Balaban J connectivity index is 1.86. The maximum Gasteiger partial charge on any atom is 0.408 e. The van der Waals surface area contributed by atoms with Crippen molar-refractivity contribution in [2.75, 3.05) is 6.61 Å². The molecule has 10 nitrogen and oxygen atoms in total. The highest BCUT2D eigenvalue weighted by atomic mass is 16.6. The Hall–Kier alpha value is -3.43. The summed E-state index contributed by atoms with van der Waals surface area (Å²) in [7, 11) is 0. The van der Waals surface area contributed by atoms with E-state index in [0.29, 0.717) is 5.82 Å². The van der Waals surface area contributed by atoms with Gasteiger partial charge in [-0.1, -0.05) is 44.2 Å². The Morgan fingerprint density at radius 2 is 1.93 bits per heavy atom. The van der Waals surface area contributed by atoms with Crippen molar-refractivity contribution in [3.63, 3.8) is 0 Å². The summed E-state index contributed by atoms with van der Waals surface area (Å²) in [6, 6.07) is 8.25. The number of alkyl carbamates (subject to hydrolysis) is 1. The molecule has 0 saturated heterocycles. The molecule has 0 aliphatic heterocycles. The smallest absolute Gasteiger partial charge is 0.408 e. The van der Waals surface area contributed by atoms with Gasteiger partial charge in [-0.15, -0.1) is 0 Å². The molecule has 1 N–H and O–H groups in total. The molecule has 0 aliphatic carbocycles. The Kier molecular flexibility index (Phi) is 7.70. The van der Waals surface area contributed by atoms with Crippen molar-refractivity contribution in [2.24, 2.45) is 5.92 Å². The maximum absolute atomic E-state index is 12.4. The largest absolute Gasteiger partial charge is 0.460 e. The Labute approximate surface area is 168 Å². The van der Waals surface area contributed by atoms with Crippen molar-refractivity contribution in [2.45, 2.75) is 40.0 Å². The number of hydrogen-bond donors (Lipinski definition) is 1. The molecule has 29 heavy (non-hydrogen) atoms. The predicted octanol–water partition coefficient (Wildman–Crippen LogP) is 2.59. The van der Waals surface area contributed by atoms with Gasteiger partial charge in [0.05, 0.1) is 0 Å². The number of carbonyl (C=O) groups excluding carboxylic acids is 2. The number of rotatable bonds is 9. The number of hydrogen-bond acceptors (Lipinski definition) is 7. The van der Waals surface area contributed by atoms with Crippen molar-refractivity contribution in [3.8, 4) is 0 Å². The van der Waals surface area contributed by atoms with Gasteiger partial charge in [-0.05, 0) is 16.4 Å². The van der Waals surface area contributed by atoms with Crippen LogP contribution in [0.15, 0.2) is 36.5 Å². The third-order valence-corrected chi connectivity index (χ3v) is 4.19. The third-order valence-electron chi connectivity index (χ3n) is 4.19. The van der Waals surface area contributed by atoms with Crippen molar-refractivity contribution >= 4 is 17.9 Å². The number of aromatic nitrogens is 2. The monoisotopic (exact) mass is 404 g/mol. The fourth-order valence-corrected chi connectivity index (χ4v) is 2.60. The average Bonchev–Trinajstić information content (AvgIpc) is 3.05. The molecule has 2 rings (SSSR count). The van der Waals surface area contributed by atoms with Gasteiger partial charge in [0.2, 0.25) is 0 Å². The second-order valence-electron chi connectivity index (χ2n) is 6.67. The normalized spacial score (nSPS) is 11.7. The van der Waals surface area contributed by atoms with E-state index < -0.39 is 23.0 Å². The lowest BCUT2D eigenvalue weighted by atomic mass is 10.1. The van der Waals surface area contributed by atoms with Crippen molar-refractivity contribution < 1.29 is 24.0 Å². The zero-order valence-corrected chi connectivity index (χ0v) is 16.5. The molecule has 1 aromatic carbocycles. The van der Waals surface area contributed by atoms with Gasteiger partial charge < -0.3 is 24.9 Å². The molecule has 1 aromatic heterocycles. The van der Waals surface area contributed by atoms with Crippen molar-refractivity contribution in [3.05, 3.63) is 58.0 Å². The van der Waals surface area contributed by atoms with Crippen LogP contribution >= 0.6 is 0 Å². The zero-order valence-electron chi connectivity index (χ0n) is 16.5. The number of amides is 1. The van der Waals surface area contributed by atoms with E-state index in [1.54, 1.807) is 20.8 Å². The Morgan fingerprint density at radius 3 is 2.55 bits per heavy atom. The van der Waals surface area contributed by atoms with Crippen LogP contribution in [0.4, 0.5) is 10.6 Å². The first kappa shape index (κ1) is 21.9. The van der Waals surface area contributed by atoms with E-state index in [9.17, 15) is 19.7 Å². The highest BCUT2D eigenvalue weighted by molar-refractivity contribution is 5.81. The zero-order chi connectivity index (χ0) is 21.4. The standard InChI is InChI=1S/C19H24N4O6/c1-13(2)17(21-19(25)29-12-15-7-5-4-6-8-15)18(24)28-10-9-22-14(3)20-11-16(22)23(26)27/h4-8,11,13,17H,9-10,12H2,1-3H3,(H,21,25)/t17-/m0/s1. The first-order chi connectivity index (χ1) is 13.8. The topological polar surface area (TPSA) is 126 Å². The summed E-state index contributed by atoms with van der Waals surface area (Å²) in [5, 5.41) is 13.5. The lowest BCUT2D eigenvalue weighted by molar-refractivity contribution is -0.392. The van der Waals surface area contributed by atoms with E-state index in [0.717, 1.165) is 11.8 Å². The van der Waals surface area contributed by atoms with Crippen LogP contribution in [-0.2, 0) is 27.4 Å². The molecule has 0 spiro atoms. The number of benzene rings is 1. The molecule has 1 heterocycles. The number of nitro groups is 1. The van der Waals surface area contributed by atoms with E-state index in [-0.39, 0.29) is 31.5 Å². The molecule has 2 aromatic rings. The molecular formula is C19H24N4O6. The number of esters is 1. The molecule has 0 saturated carbocycles. The highest BCUT2D eigenvalue weighted by Crippen LogP contribution is 2.13. The number of imidazole rings is 1. The summed E-state index contributed by atoms with van der Waals surface area (Å²) in [5.74, 6) is -0.620. The number of aryl methyl sites for hydroxylation is 1. The first-order valence-electron chi connectivity index (χ1n) is 9.10. The van der Waals surface area contributed by atoms with Gasteiger partial charge in [0.25, 0.3) is 0 Å². The molecule has 156 valence electrons. The minimum atomic E-state index is -0.905. The highest BCUT2D eigenvalue weighted by Gasteiger charge is 2.27. The quantitative estimate of drug-likeness (QED) is 0.387. The summed E-state index contributed by atoms with van der Waals surface area (Å²) in [6.45, 7) is 5.20. The van der Waals surface area contributed by atoms with Crippen LogP contribution in [0, 0.1) is 23.0 Å². The summed E-state index contributed by atoms with van der Waals surface area (Å²) >= 11 is 0. The van der Waals surface area contributed by atoms with Gasteiger partial charge in [-0.25, -0.2) is 19.1 Å². The van der Waals surface area contributed by atoms with E-state index in [2.05, 4.69) is 10.3 Å². The van der Waals surface area contributed by atoms with Gasteiger partial charge in [-0.3, -0.25) is 0 Å². The first-order valence-corrected chi connectivity index (χ1v) is 9.10. The summed E-state index contributed by atoms with van der Waals surface area (Å²) in [4.78, 5) is 38.7. The van der Waals surface area contributed by atoms with Crippen LogP contribution in [0.25, 0.3) is 0 Å². The van der Waals surface area contributed by atoms with Crippen LogP contribution < -0.4 is 5.32 Å². The molecule has 0 fully saturated rings. The fourth-order valence-electron chi connectivity index (χ4n) is 2.60. The predicted molar refractivity (Wildman–Crippen MR) is 103 cm³/mol. The second-order valence-corrected chi connectivity index (χ2v) is 6.67. The molecule has 1 atom stereocenters. The average molecular weight is 404 g/mol. The number of ether oxygens (including phenoxy) is 2. The Bertz CT molecular complexity index is 850. The molecule has 10 heteroatoms. The second kappa shape index (κ2) is 10.2. The lowest BCUT2D eigenvalue weighted by Gasteiger charge is -2.20. The third kappa shape index (κ3) is 6.30. The molecular weight excluding hydrogens is 380 g/mol. The van der Waals surface area contributed by atoms with Gasteiger partial charge in [0, 0.05) is 6.92 Å². The van der Waals surface area contributed by atoms with Gasteiger partial charge in [0.15, 0.2) is 5.82 Å². The van der Waals surface area contributed by atoms with Crippen LogP contribution in [0.1, 0.15) is 25.2 Å². The molecule has 0 radical (unpaired) electrons. The maximum atomic E-state index is 12.4. The van der Waals surface area contributed by atoms with Crippen LogP contribution in [0.3, 0.4) is 0 Å². The molecule has 0 aliphatic rings. The van der Waals surface area contributed by atoms with Gasteiger partial charge in [0.1, 0.15) is 32.0 Å². The summed E-state index contributed by atoms with van der Waals surface area (Å²) in [5.41, 5.74) is 0.823. The molecule has 1 amide bonds. The van der Waals surface area contributed by atoms with Crippen molar-refractivity contribution in [1.29, 1.82) is 0 Å². The van der Waals surface area contributed by atoms with Crippen molar-refractivity contribution in [1.82, 2.24) is 14.9 Å². The Morgan fingerprint density at radius 1 is 1.24 bits per heavy atom. The van der Waals surface area contributed by atoms with Crippen LogP contribution in [0.5, 0.6) is 0 Å². The summed E-state index contributed by atoms with van der Waals surface area (Å²) < 4.78 is 11.7. The lowest BCUT2D eigenvalue weighted by Crippen LogP contribution is -2.45. The van der Waals surface area contributed by atoms with E-state index in [4.69, 9.17) is 9.47 Å². The molecule has 0 bridgehead atoms. The fraction of sp³-hybridized carbons (Fsp3) is 0.421. The minimum Gasteiger partial charge on any atom is -0.460 e. The van der Waals surface area contributed by atoms with Crippen LogP contribution in [-0.4, -0.2) is 39.2 Å².